The number of hydrogen-bond acceptors (Lipinski definition) is 5. The smallest absolute Gasteiger partial charge is 0.253 e. The van der Waals surface area contributed by atoms with Gasteiger partial charge in [-0.2, -0.15) is 5.26 Å². The highest BCUT2D eigenvalue weighted by Gasteiger charge is 2.24. The maximum atomic E-state index is 13.0. The van der Waals surface area contributed by atoms with Gasteiger partial charge in [0, 0.05) is 48.2 Å². The van der Waals surface area contributed by atoms with E-state index in [0.29, 0.717) is 30.0 Å². The van der Waals surface area contributed by atoms with Gasteiger partial charge in [0.05, 0.1) is 18.7 Å². The first kappa shape index (κ1) is 22.4. The van der Waals surface area contributed by atoms with E-state index in [9.17, 15) is 10.1 Å². The molecular formula is C29H26N4O2. The van der Waals surface area contributed by atoms with Crippen LogP contribution in [-0.2, 0) is 0 Å². The lowest BCUT2D eigenvalue weighted by Gasteiger charge is -2.33. The lowest BCUT2D eigenvalue weighted by Crippen LogP contribution is -2.42. The van der Waals surface area contributed by atoms with E-state index < -0.39 is 0 Å². The van der Waals surface area contributed by atoms with Crippen LogP contribution in [0, 0.1) is 11.3 Å². The number of methoxy groups -OCH3 is 1. The zero-order valence-corrected chi connectivity index (χ0v) is 19.6. The number of amides is 1. The fraction of sp³-hybridized carbons (Fsp3) is 0.207. The number of benzene rings is 3. The number of anilines is 1. The number of aromatic nitrogens is 1. The average Bonchev–Trinajstić information content (AvgIpc) is 2.93. The molecule has 6 heteroatoms. The van der Waals surface area contributed by atoms with Crippen molar-refractivity contribution in [1.29, 1.82) is 5.26 Å². The molecule has 1 aliphatic rings. The second-order valence-corrected chi connectivity index (χ2v) is 8.76. The third-order valence-electron chi connectivity index (χ3n) is 6.54. The van der Waals surface area contributed by atoms with Gasteiger partial charge < -0.3 is 15.0 Å². The highest BCUT2D eigenvalue weighted by atomic mass is 16.5. The van der Waals surface area contributed by atoms with Crippen LogP contribution in [0.25, 0.3) is 21.9 Å². The number of ether oxygens (including phenoxy) is 1. The first-order valence-corrected chi connectivity index (χ1v) is 11.7. The molecular weight excluding hydrogens is 436 g/mol. The van der Waals surface area contributed by atoms with Crippen LogP contribution in [0.5, 0.6) is 5.75 Å². The van der Waals surface area contributed by atoms with Gasteiger partial charge in [-0.3, -0.25) is 9.78 Å². The molecule has 0 atom stereocenters. The van der Waals surface area contributed by atoms with E-state index in [4.69, 9.17) is 4.74 Å². The molecule has 3 aromatic carbocycles. The second kappa shape index (κ2) is 9.86. The van der Waals surface area contributed by atoms with Crippen molar-refractivity contribution in [2.24, 2.45) is 0 Å². The van der Waals surface area contributed by atoms with E-state index in [1.165, 1.54) is 0 Å². The molecule has 0 spiro atoms. The summed E-state index contributed by atoms with van der Waals surface area (Å²) in [5.74, 6) is 0.726. The Kier molecular flexibility index (Phi) is 6.32. The summed E-state index contributed by atoms with van der Waals surface area (Å²) in [5, 5.41) is 15.2. The number of pyridine rings is 1. The van der Waals surface area contributed by atoms with Crippen LogP contribution in [-0.4, -0.2) is 42.0 Å². The summed E-state index contributed by atoms with van der Waals surface area (Å²) in [5.41, 5.74) is 4.36. The van der Waals surface area contributed by atoms with Crippen molar-refractivity contribution in [2.75, 3.05) is 25.5 Å². The molecule has 0 aliphatic carbocycles. The summed E-state index contributed by atoms with van der Waals surface area (Å²) in [7, 11) is 1.61. The van der Waals surface area contributed by atoms with E-state index in [1.54, 1.807) is 19.4 Å². The number of nitriles is 1. The van der Waals surface area contributed by atoms with Gasteiger partial charge in [-0.05, 0) is 77.9 Å². The standard InChI is InChI=1S/C29H26N4O2/c1-35-26-7-3-6-23(16-26)29(34)33-12-9-25(10-13-33)32-28-17-24(15-22-8-11-31-19-27(22)28)21-5-2-4-20(14-21)18-30/h2-8,11,14-17,19,25,32H,9-10,12-13H2,1H3. The number of carbonyl (C=O) groups is 1. The molecule has 1 aliphatic heterocycles. The quantitative estimate of drug-likeness (QED) is 0.424. The van der Waals surface area contributed by atoms with Crippen LogP contribution >= 0.6 is 0 Å². The number of hydrogen-bond donors (Lipinski definition) is 1. The normalized spacial score (nSPS) is 13.9. The third-order valence-corrected chi connectivity index (χ3v) is 6.54. The first-order chi connectivity index (χ1) is 17.1. The number of piperidine rings is 1. The summed E-state index contributed by atoms with van der Waals surface area (Å²) >= 11 is 0. The summed E-state index contributed by atoms with van der Waals surface area (Å²) < 4.78 is 5.26. The van der Waals surface area contributed by atoms with E-state index >= 15 is 0 Å². The Labute approximate surface area is 204 Å². The SMILES string of the molecule is COc1cccc(C(=O)N2CCC(Nc3cc(-c4cccc(C#N)c4)cc4ccncc34)CC2)c1. The van der Waals surface area contributed by atoms with Crippen LogP contribution in [0.1, 0.15) is 28.8 Å². The topological polar surface area (TPSA) is 78.2 Å². The van der Waals surface area contributed by atoms with Crippen LogP contribution in [0.2, 0.25) is 0 Å². The minimum Gasteiger partial charge on any atom is -0.497 e. The predicted octanol–water partition coefficient (Wildman–Crippen LogP) is 5.50. The first-order valence-electron chi connectivity index (χ1n) is 11.7. The van der Waals surface area contributed by atoms with Gasteiger partial charge >= 0.3 is 0 Å². The molecule has 6 nitrogen and oxygen atoms in total. The number of likely N-dealkylation sites (tertiary alicyclic amines) is 1. The average molecular weight is 463 g/mol. The highest BCUT2D eigenvalue weighted by Crippen LogP contribution is 2.32. The number of fused-ring (bicyclic) bond motifs is 1. The molecule has 0 saturated carbocycles. The molecule has 35 heavy (non-hydrogen) atoms. The van der Waals surface area contributed by atoms with Crippen LogP contribution in [0.3, 0.4) is 0 Å². The molecule has 174 valence electrons. The zero-order valence-electron chi connectivity index (χ0n) is 19.6. The largest absolute Gasteiger partial charge is 0.497 e. The second-order valence-electron chi connectivity index (χ2n) is 8.76. The van der Waals surface area contributed by atoms with E-state index in [0.717, 1.165) is 40.4 Å². The van der Waals surface area contributed by atoms with Crippen molar-refractivity contribution in [3.05, 3.63) is 90.3 Å². The molecule has 4 aromatic rings. The lowest BCUT2D eigenvalue weighted by molar-refractivity contribution is 0.0718. The molecule has 1 N–H and O–H groups in total. The molecule has 5 rings (SSSR count). The van der Waals surface area contributed by atoms with Crippen molar-refractivity contribution in [2.45, 2.75) is 18.9 Å². The summed E-state index contributed by atoms with van der Waals surface area (Å²) in [6, 6.07) is 23.7. The Morgan fingerprint density at radius 2 is 1.89 bits per heavy atom. The van der Waals surface area contributed by atoms with Gasteiger partial charge in [-0.15, -0.1) is 0 Å². The molecule has 1 saturated heterocycles. The van der Waals surface area contributed by atoms with Crippen LogP contribution in [0.15, 0.2) is 79.1 Å². The molecule has 0 radical (unpaired) electrons. The third kappa shape index (κ3) is 4.80. The Bertz CT molecular complexity index is 1420. The van der Waals surface area contributed by atoms with E-state index in [1.807, 2.05) is 59.6 Å². The Morgan fingerprint density at radius 1 is 1.06 bits per heavy atom. The molecule has 2 heterocycles. The maximum Gasteiger partial charge on any atom is 0.253 e. The summed E-state index contributed by atoms with van der Waals surface area (Å²) in [4.78, 5) is 19.2. The molecule has 1 amide bonds. The molecule has 0 bridgehead atoms. The van der Waals surface area contributed by atoms with Gasteiger partial charge in [0.25, 0.3) is 5.91 Å². The zero-order chi connectivity index (χ0) is 24.2. The summed E-state index contributed by atoms with van der Waals surface area (Å²) in [6.07, 6.45) is 5.38. The van der Waals surface area contributed by atoms with Crippen LogP contribution < -0.4 is 10.1 Å². The molecule has 1 aromatic heterocycles. The van der Waals surface area contributed by atoms with Gasteiger partial charge in [0.1, 0.15) is 5.75 Å². The van der Waals surface area contributed by atoms with Gasteiger partial charge in [0.15, 0.2) is 0 Å². The van der Waals surface area contributed by atoms with Gasteiger partial charge in [-0.25, -0.2) is 0 Å². The number of carbonyl (C=O) groups excluding carboxylic acids is 1. The summed E-state index contributed by atoms with van der Waals surface area (Å²) in [6.45, 7) is 1.38. The van der Waals surface area contributed by atoms with Gasteiger partial charge in [-0.1, -0.05) is 18.2 Å². The Morgan fingerprint density at radius 3 is 2.69 bits per heavy atom. The number of rotatable bonds is 5. The highest BCUT2D eigenvalue weighted by molar-refractivity contribution is 5.97. The lowest BCUT2D eigenvalue weighted by atomic mass is 9.98. The van der Waals surface area contributed by atoms with E-state index in [2.05, 4.69) is 28.5 Å². The minimum atomic E-state index is 0.0383. The van der Waals surface area contributed by atoms with Crippen LogP contribution in [0.4, 0.5) is 5.69 Å². The van der Waals surface area contributed by atoms with E-state index in [-0.39, 0.29) is 11.9 Å². The van der Waals surface area contributed by atoms with Crippen molar-refractivity contribution in [1.82, 2.24) is 9.88 Å². The molecule has 0 unspecified atom stereocenters. The van der Waals surface area contributed by atoms with Crippen molar-refractivity contribution < 1.29 is 9.53 Å². The molecule has 1 fully saturated rings. The Hall–Kier alpha value is -4.37. The number of nitrogens with zero attached hydrogens (tertiary/aromatic N) is 3. The van der Waals surface area contributed by atoms with Gasteiger partial charge in [0.2, 0.25) is 0 Å². The predicted molar refractivity (Wildman–Crippen MR) is 137 cm³/mol. The fourth-order valence-electron chi connectivity index (χ4n) is 4.64. The maximum absolute atomic E-state index is 13.0. The fourth-order valence-corrected chi connectivity index (χ4v) is 4.64. The minimum absolute atomic E-state index is 0.0383. The van der Waals surface area contributed by atoms with Crippen molar-refractivity contribution in [3.63, 3.8) is 0 Å². The number of nitrogens with one attached hydrogen (secondary N) is 1. The Balaban J connectivity index is 1.34. The van der Waals surface area contributed by atoms with Crippen molar-refractivity contribution in [3.8, 4) is 22.9 Å². The van der Waals surface area contributed by atoms with Crippen molar-refractivity contribution >= 4 is 22.4 Å². The monoisotopic (exact) mass is 462 g/mol.